The molecule has 0 bridgehead atoms. The maximum Gasteiger partial charge on any atom is 0.200 e. The minimum absolute atomic E-state index is 0.131. The number of benzene rings is 1. The Kier molecular flexibility index (Phi) is 5.90. The van der Waals surface area contributed by atoms with Gasteiger partial charge in [-0.2, -0.15) is 9.65 Å². The summed E-state index contributed by atoms with van der Waals surface area (Å²) in [6, 6.07) is 6.00. The topological polar surface area (TPSA) is 45.0 Å². The minimum atomic E-state index is -1.00. The van der Waals surface area contributed by atoms with Crippen LogP contribution < -0.4 is 10.1 Å². The fourth-order valence-corrected chi connectivity index (χ4v) is 1.97. The third-order valence-corrected chi connectivity index (χ3v) is 2.95. The molecule has 0 amide bonds. The quantitative estimate of drug-likeness (QED) is 0.833. The van der Waals surface area contributed by atoms with E-state index in [2.05, 4.69) is 11.4 Å². The van der Waals surface area contributed by atoms with Crippen LogP contribution in [0.4, 0.5) is 8.78 Å². The van der Waals surface area contributed by atoms with Crippen LogP contribution in [0.3, 0.4) is 0 Å². The van der Waals surface area contributed by atoms with Gasteiger partial charge in [0.15, 0.2) is 11.6 Å². The van der Waals surface area contributed by atoms with E-state index in [0.717, 1.165) is 12.5 Å². The summed E-state index contributed by atoms with van der Waals surface area (Å²) >= 11 is 0. The van der Waals surface area contributed by atoms with Gasteiger partial charge in [0.2, 0.25) is 5.82 Å². The molecule has 1 N–H and O–H groups in total. The highest BCUT2D eigenvalue weighted by atomic mass is 19.2. The molecule has 2 atom stereocenters. The first kappa shape index (κ1) is 16.4. The zero-order chi connectivity index (χ0) is 15.2. The zero-order valence-corrected chi connectivity index (χ0v) is 12.0. The summed E-state index contributed by atoms with van der Waals surface area (Å²) in [5.74, 6) is -2.07. The lowest BCUT2D eigenvalue weighted by Crippen LogP contribution is -2.44. The van der Waals surface area contributed by atoms with E-state index in [-0.39, 0.29) is 5.75 Å². The Morgan fingerprint density at radius 1 is 1.45 bits per heavy atom. The van der Waals surface area contributed by atoms with Crippen LogP contribution in [0.2, 0.25) is 0 Å². The number of nitrogens with one attached hydrogen (secondary N) is 1. The van der Waals surface area contributed by atoms with Gasteiger partial charge in [-0.25, -0.2) is 4.39 Å². The molecule has 1 rings (SSSR count). The molecular weight excluding hydrogens is 262 g/mol. The number of hydrogen-bond acceptors (Lipinski definition) is 3. The van der Waals surface area contributed by atoms with E-state index < -0.39 is 23.3 Å². The van der Waals surface area contributed by atoms with Crippen molar-refractivity contribution in [3.05, 3.63) is 29.8 Å². The molecule has 0 aromatic heterocycles. The van der Waals surface area contributed by atoms with E-state index >= 15 is 0 Å². The molecule has 0 aliphatic carbocycles. The monoisotopic (exact) mass is 282 g/mol. The van der Waals surface area contributed by atoms with Gasteiger partial charge in [0, 0.05) is 6.42 Å². The summed E-state index contributed by atoms with van der Waals surface area (Å²) in [4.78, 5) is 0. The maximum atomic E-state index is 13.5. The van der Waals surface area contributed by atoms with Crippen LogP contribution in [-0.4, -0.2) is 18.2 Å². The molecule has 1 aromatic carbocycles. The fraction of sp³-hybridized carbons (Fsp3) is 0.533. The number of rotatable bonds is 7. The van der Waals surface area contributed by atoms with Gasteiger partial charge < -0.3 is 4.74 Å². The third-order valence-electron chi connectivity index (χ3n) is 2.95. The summed E-state index contributed by atoms with van der Waals surface area (Å²) in [7, 11) is 0. The van der Waals surface area contributed by atoms with Crippen molar-refractivity contribution >= 4 is 0 Å². The van der Waals surface area contributed by atoms with E-state index in [1.807, 2.05) is 6.92 Å². The molecule has 1 aromatic rings. The Balaban J connectivity index is 2.69. The van der Waals surface area contributed by atoms with Crippen molar-refractivity contribution < 1.29 is 13.5 Å². The molecule has 0 heterocycles. The second-order valence-corrected chi connectivity index (χ2v) is 5.06. The third kappa shape index (κ3) is 4.46. The largest absolute Gasteiger partial charge is 0.487 e. The van der Waals surface area contributed by atoms with Crippen molar-refractivity contribution in [2.45, 2.75) is 45.3 Å². The lowest BCUT2D eigenvalue weighted by Gasteiger charge is -2.27. The minimum Gasteiger partial charge on any atom is -0.487 e. The highest BCUT2D eigenvalue weighted by Gasteiger charge is 2.27. The number of nitriles is 1. The predicted molar refractivity (Wildman–Crippen MR) is 73.4 cm³/mol. The van der Waals surface area contributed by atoms with E-state index in [9.17, 15) is 14.0 Å². The van der Waals surface area contributed by atoms with Gasteiger partial charge >= 0.3 is 0 Å². The number of ether oxygens (including phenoxy) is 1. The molecule has 0 spiro atoms. The maximum absolute atomic E-state index is 13.5. The number of nitrogens with zero attached hydrogens (tertiary/aromatic N) is 1. The van der Waals surface area contributed by atoms with Gasteiger partial charge in [-0.1, -0.05) is 13.0 Å². The van der Waals surface area contributed by atoms with Crippen molar-refractivity contribution in [1.82, 2.24) is 5.32 Å². The second kappa shape index (κ2) is 7.20. The number of halogens is 2. The van der Waals surface area contributed by atoms with Gasteiger partial charge in [-0.3, -0.25) is 5.32 Å². The van der Waals surface area contributed by atoms with E-state index in [1.54, 1.807) is 13.8 Å². The second-order valence-electron chi connectivity index (χ2n) is 5.06. The molecular formula is C15H20F2N2O. The van der Waals surface area contributed by atoms with Crippen molar-refractivity contribution in [1.29, 1.82) is 5.26 Å². The molecule has 110 valence electrons. The standard InChI is InChI=1S/C15H20F2N2O/c1-4-8-19-15(3,10-18)9-11(2)20-13-7-5-6-12(16)14(13)17/h5-7,11,19H,4,8-9H2,1-3H3. The molecule has 0 saturated heterocycles. The van der Waals surface area contributed by atoms with Crippen molar-refractivity contribution in [3.63, 3.8) is 0 Å². The molecule has 0 fully saturated rings. The fourth-order valence-electron chi connectivity index (χ4n) is 1.97. The normalized spacial score (nSPS) is 15.2. The zero-order valence-electron chi connectivity index (χ0n) is 12.0. The highest BCUT2D eigenvalue weighted by Crippen LogP contribution is 2.23. The predicted octanol–water partition coefficient (Wildman–Crippen LogP) is 3.40. The molecule has 3 nitrogen and oxygen atoms in total. The van der Waals surface area contributed by atoms with Gasteiger partial charge in [0.05, 0.1) is 12.2 Å². The molecule has 5 heteroatoms. The lowest BCUT2D eigenvalue weighted by atomic mass is 9.96. The van der Waals surface area contributed by atoms with Crippen molar-refractivity contribution in [3.8, 4) is 11.8 Å². The summed E-state index contributed by atoms with van der Waals surface area (Å²) in [6.45, 7) is 6.22. The van der Waals surface area contributed by atoms with Crippen LogP contribution in [0.25, 0.3) is 0 Å². The summed E-state index contributed by atoms with van der Waals surface area (Å²) < 4.78 is 32.0. The van der Waals surface area contributed by atoms with E-state index in [1.165, 1.54) is 12.1 Å². The Bertz CT molecular complexity index is 487. The average Bonchev–Trinajstić information content (AvgIpc) is 2.41. The Morgan fingerprint density at radius 2 is 2.15 bits per heavy atom. The van der Waals surface area contributed by atoms with Crippen LogP contribution >= 0.6 is 0 Å². The molecule has 20 heavy (non-hydrogen) atoms. The van der Waals surface area contributed by atoms with Gasteiger partial charge in [0.1, 0.15) is 5.54 Å². The summed E-state index contributed by atoms with van der Waals surface area (Å²) in [6.07, 6.45) is 0.866. The van der Waals surface area contributed by atoms with Crippen molar-refractivity contribution in [2.75, 3.05) is 6.54 Å². The molecule has 0 aliphatic heterocycles. The van der Waals surface area contributed by atoms with Crippen LogP contribution in [0.1, 0.15) is 33.6 Å². The SMILES string of the molecule is CCCNC(C)(C#N)CC(C)Oc1cccc(F)c1F. The summed E-state index contributed by atoms with van der Waals surface area (Å²) in [5, 5.41) is 12.4. The van der Waals surface area contributed by atoms with E-state index in [0.29, 0.717) is 13.0 Å². The average molecular weight is 282 g/mol. The van der Waals surface area contributed by atoms with Crippen LogP contribution in [0, 0.1) is 23.0 Å². The van der Waals surface area contributed by atoms with Gasteiger partial charge in [0.25, 0.3) is 0 Å². The Morgan fingerprint density at radius 3 is 2.75 bits per heavy atom. The van der Waals surface area contributed by atoms with Gasteiger partial charge in [-0.05, 0) is 38.9 Å². The Labute approximate surface area is 118 Å². The van der Waals surface area contributed by atoms with Crippen LogP contribution in [0.5, 0.6) is 5.75 Å². The van der Waals surface area contributed by atoms with Gasteiger partial charge in [-0.15, -0.1) is 0 Å². The summed E-state index contributed by atoms with van der Waals surface area (Å²) in [5.41, 5.74) is -0.751. The first-order valence-corrected chi connectivity index (χ1v) is 6.69. The van der Waals surface area contributed by atoms with E-state index in [4.69, 9.17) is 4.74 Å². The Hall–Kier alpha value is -1.67. The lowest BCUT2D eigenvalue weighted by molar-refractivity contribution is 0.171. The molecule has 0 saturated carbocycles. The molecule has 0 aliphatic rings. The first-order valence-electron chi connectivity index (χ1n) is 6.69. The smallest absolute Gasteiger partial charge is 0.200 e. The molecule has 0 radical (unpaired) electrons. The van der Waals surface area contributed by atoms with Crippen LogP contribution in [0.15, 0.2) is 18.2 Å². The molecule has 2 unspecified atom stereocenters. The van der Waals surface area contributed by atoms with Crippen molar-refractivity contribution in [2.24, 2.45) is 0 Å². The highest BCUT2D eigenvalue weighted by molar-refractivity contribution is 5.25. The van der Waals surface area contributed by atoms with Crippen LogP contribution in [-0.2, 0) is 0 Å². The number of hydrogen-bond donors (Lipinski definition) is 1. The first-order chi connectivity index (χ1) is 9.41.